The van der Waals surface area contributed by atoms with Gasteiger partial charge >= 0.3 is 6.01 Å². The van der Waals surface area contributed by atoms with Gasteiger partial charge in [-0.2, -0.15) is 4.98 Å². The smallest absolute Gasteiger partial charge is 0.316 e. The van der Waals surface area contributed by atoms with Crippen LogP contribution in [0.4, 0.5) is 4.39 Å². The second-order valence-electron chi connectivity index (χ2n) is 2.92. The van der Waals surface area contributed by atoms with Crippen molar-refractivity contribution in [1.29, 1.82) is 0 Å². The van der Waals surface area contributed by atoms with Gasteiger partial charge in [-0.1, -0.05) is 30.3 Å². The van der Waals surface area contributed by atoms with E-state index in [0.717, 1.165) is 6.20 Å². The minimum Gasteiger partial charge on any atom is -0.467 e. The van der Waals surface area contributed by atoms with E-state index in [-0.39, 0.29) is 11.7 Å². The van der Waals surface area contributed by atoms with Crippen LogP contribution in [0.5, 0.6) is 6.01 Å². The van der Waals surface area contributed by atoms with Gasteiger partial charge in [-0.15, -0.1) is 0 Å². The third kappa shape index (κ3) is 1.93. The molecule has 0 unspecified atom stereocenters. The quantitative estimate of drug-likeness (QED) is 0.752. The molecule has 2 aromatic rings. The molecule has 4 heteroatoms. The van der Waals surface area contributed by atoms with Crippen LogP contribution in [0.2, 0.25) is 0 Å². The molecular weight excluding hydrogens is 195 g/mol. The molecule has 1 aromatic heterocycles. The van der Waals surface area contributed by atoms with Crippen LogP contribution in [-0.2, 0) is 0 Å². The Morgan fingerprint density at radius 1 is 1.20 bits per heavy atom. The molecule has 0 saturated carbocycles. The van der Waals surface area contributed by atoms with E-state index in [4.69, 9.17) is 4.74 Å². The van der Waals surface area contributed by atoms with Gasteiger partial charge in [0, 0.05) is 5.56 Å². The number of hydrogen-bond acceptors (Lipinski definition) is 3. The van der Waals surface area contributed by atoms with Crippen LogP contribution in [0.25, 0.3) is 11.3 Å². The van der Waals surface area contributed by atoms with E-state index in [2.05, 4.69) is 9.97 Å². The lowest BCUT2D eigenvalue weighted by atomic mass is 10.1. The van der Waals surface area contributed by atoms with Crippen molar-refractivity contribution in [2.45, 2.75) is 0 Å². The topological polar surface area (TPSA) is 35.0 Å². The van der Waals surface area contributed by atoms with E-state index in [9.17, 15) is 4.39 Å². The van der Waals surface area contributed by atoms with Crippen LogP contribution in [-0.4, -0.2) is 17.1 Å². The average Bonchev–Trinajstić information content (AvgIpc) is 2.31. The lowest BCUT2D eigenvalue weighted by Gasteiger charge is -2.03. The zero-order valence-electron chi connectivity index (χ0n) is 8.14. The van der Waals surface area contributed by atoms with E-state index in [0.29, 0.717) is 5.56 Å². The summed E-state index contributed by atoms with van der Waals surface area (Å²) >= 11 is 0. The lowest BCUT2D eigenvalue weighted by Crippen LogP contribution is -1.96. The van der Waals surface area contributed by atoms with E-state index in [1.165, 1.54) is 7.11 Å². The highest BCUT2D eigenvalue weighted by Gasteiger charge is 2.08. The molecule has 15 heavy (non-hydrogen) atoms. The second-order valence-corrected chi connectivity index (χ2v) is 2.92. The Morgan fingerprint density at radius 3 is 2.60 bits per heavy atom. The molecule has 2 rings (SSSR count). The number of rotatable bonds is 2. The molecule has 0 aliphatic rings. The highest BCUT2D eigenvalue weighted by molar-refractivity contribution is 5.59. The normalized spacial score (nSPS) is 10.0. The van der Waals surface area contributed by atoms with Crippen LogP contribution in [0.1, 0.15) is 0 Å². The first kappa shape index (κ1) is 9.58. The number of halogens is 1. The van der Waals surface area contributed by atoms with Crippen molar-refractivity contribution in [3.63, 3.8) is 0 Å². The highest BCUT2D eigenvalue weighted by Crippen LogP contribution is 2.20. The summed E-state index contributed by atoms with van der Waals surface area (Å²) in [6, 6.07) is 9.23. The summed E-state index contributed by atoms with van der Waals surface area (Å²) in [6.07, 6.45) is 1.11. The van der Waals surface area contributed by atoms with E-state index < -0.39 is 5.82 Å². The van der Waals surface area contributed by atoms with Gasteiger partial charge in [0.05, 0.1) is 13.3 Å². The Labute approximate surface area is 86.6 Å². The van der Waals surface area contributed by atoms with Crippen LogP contribution < -0.4 is 4.74 Å². The minimum absolute atomic E-state index is 0.162. The fraction of sp³-hybridized carbons (Fsp3) is 0.0909. The number of ether oxygens (including phenoxy) is 1. The van der Waals surface area contributed by atoms with E-state index in [1.54, 1.807) is 12.1 Å². The Bertz CT molecular complexity index is 459. The molecular formula is C11H9FN2O. The maximum atomic E-state index is 13.4. The Balaban J connectivity index is 2.52. The summed E-state index contributed by atoms with van der Waals surface area (Å²) < 4.78 is 18.3. The van der Waals surface area contributed by atoms with Crippen LogP contribution >= 0.6 is 0 Å². The number of hydrogen-bond donors (Lipinski definition) is 0. The number of aromatic nitrogens is 2. The number of benzene rings is 1. The first-order chi connectivity index (χ1) is 7.31. The highest BCUT2D eigenvalue weighted by atomic mass is 19.1. The Kier molecular flexibility index (Phi) is 2.58. The fourth-order valence-corrected chi connectivity index (χ4v) is 1.25. The van der Waals surface area contributed by atoms with Gasteiger partial charge in [-0.3, -0.25) is 0 Å². The second kappa shape index (κ2) is 4.04. The summed E-state index contributed by atoms with van der Waals surface area (Å²) in [5, 5.41) is 0. The molecule has 0 spiro atoms. The monoisotopic (exact) mass is 204 g/mol. The molecule has 1 aromatic carbocycles. The summed E-state index contributed by atoms with van der Waals surface area (Å²) in [7, 11) is 1.45. The first-order valence-corrected chi connectivity index (χ1v) is 4.43. The zero-order chi connectivity index (χ0) is 10.7. The summed E-state index contributed by atoms with van der Waals surface area (Å²) in [4.78, 5) is 7.63. The van der Waals surface area contributed by atoms with Crippen molar-refractivity contribution in [3.05, 3.63) is 42.3 Å². The summed E-state index contributed by atoms with van der Waals surface area (Å²) in [5.74, 6) is -0.456. The molecule has 0 fully saturated rings. The van der Waals surface area contributed by atoms with Crippen molar-refractivity contribution in [3.8, 4) is 17.3 Å². The molecule has 0 radical (unpaired) electrons. The number of methoxy groups -OCH3 is 1. The first-order valence-electron chi connectivity index (χ1n) is 4.43. The van der Waals surface area contributed by atoms with Gasteiger partial charge in [0.25, 0.3) is 0 Å². The SMILES string of the molecule is COc1ncc(F)c(-c2ccccc2)n1. The molecule has 0 N–H and O–H groups in total. The third-order valence-electron chi connectivity index (χ3n) is 1.95. The molecule has 3 nitrogen and oxygen atoms in total. The van der Waals surface area contributed by atoms with Gasteiger partial charge < -0.3 is 4.74 Å². The van der Waals surface area contributed by atoms with Crippen molar-refractivity contribution in [2.24, 2.45) is 0 Å². The maximum Gasteiger partial charge on any atom is 0.316 e. The van der Waals surface area contributed by atoms with Crippen LogP contribution in [0.15, 0.2) is 36.5 Å². The lowest BCUT2D eigenvalue weighted by molar-refractivity contribution is 0.377. The zero-order valence-corrected chi connectivity index (χ0v) is 8.14. The van der Waals surface area contributed by atoms with Gasteiger partial charge in [0.15, 0.2) is 5.82 Å². The average molecular weight is 204 g/mol. The van der Waals surface area contributed by atoms with Gasteiger partial charge in [-0.05, 0) is 0 Å². The van der Waals surface area contributed by atoms with Crippen LogP contribution in [0, 0.1) is 5.82 Å². The molecule has 0 aliphatic carbocycles. The summed E-state index contributed by atoms with van der Waals surface area (Å²) in [6.45, 7) is 0. The van der Waals surface area contributed by atoms with Crippen LogP contribution in [0.3, 0.4) is 0 Å². The van der Waals surface area contributed by atoms with Gasteiger partial charge in [-0.25, -0.2) is 9.37 Å². The maximum absolute atomic E-state index is 13.4. The third-order valence-corrected chi connectivity index (χ3v) is 1.95. The molecule has 0 bridgehead atoms. The molecule has 0 aliphatic heterocycles. The molecule has 0 amide bonds. The fourth-order valence-electron chi connectivity index (χ4n) is 1.25. The van der Waals surface area contributed by atoms with E-state index in [1.807, 2.05) is 18.2 Å². The molecule has 0 saturated heterocycles. The largest absolute Gasteiger partial charge is 0.467 e. The van der Waals surface area contributed by atoms with Gasteiger partial charge in [0.2, 0.25) is 0 Å². The van der Waals surface area contributed by atoms with Crippen molar-refractivity contribution in [2.75, 3.05) is 7.11 Å². The van der Waals surface area contributed by atoms with Crippen molar-refractivity contribution in [1.82, 2.24) is 9.97 Å². The van der Waals surface area contributed by atoms with E-state index >= 15 is 0 Å². The summed E-state index contributed by atoms with van der Waals surface area (Å²) in [5.41, 5.74) is 0.957. The van der Waals surface area contributed by atoms with Crippen molar-refractivity contribution < 1.29 is 9.13 Å². The van der Waals surface area contributed by atoms with Gasteiger partial charge in [0.1, 0.15) is 5.69 Å². The predicted octanol–water partition coefficient (Wildman–Crippen LogP) is 2.29. The van der Waals surface area contributed by atoms with Crippen molar-refractivity contribution >= 4 is 0 Å². The molecule has 1 heterocycles. The predicted molar refractivity (Wildman–Crippen MR) is 54.0 cm³/mol. The minimum atomic E-state index is -0.456. The number of nitrogens with zero attached hydrogens (tertiary/aromatic N) is 2. The molecule has 0 atom stereocenters. The standard InChI is InChI=1S/C11H9FN2O/c1-15-11-13-7-9(12)10(14-11)8-5-3-2-4-6-8/h2-7H,1H3. The Morgan fingerprint density at radius 2 is 1.93 bits per heavy atom. The Hall–Kier alpha value is -1.97. The molecule has 76 valence electrons.